The van der Waals surface area contributed by atoms with Crippen LogP contribution in [0.2, 0.25) is 0 Å². The average molecular weight is 294 g/mol. The van der Waals surface area contributed by atoms with Crippen LogP contribution in [-0.4, -0.2) is 28.8 Å². The molecule has 2 unspecified atom stereocenters. The Morgan fingerprint density at radius 2 is 1.86 bits per heavy atom. The number of aliphatic hydroxyl groups excluding tert-OH is 1. The number of alkyl carbamates (subject to hydrolysis) is 1. The number of rotatable bonds is 5. The Kier molecular flexibility index (Phi) is 5.72. The second-order valence-corrected chi connectivity index (χ2v) is 5.76. The van der Waals surface area contributed by atoms with Crippen molar-refractivity contribution in [2.75, 3.05) is 0 Å². The van der Waals surface area contributed by atoms with E-state index < -0.39 is 29.7 Å². The van der Waals surface area contributed by atoms with E-state index in [4.69, 9.17) is 10.5 Å². The van der Waals surface area contributed by atoms with Crippen molar-refractivity contribution in [3.63, 3.8) is 0 Å². The molecule has 0 aromatic heterocycles. The van der Waals surface area contributed by atoms with Crippen molar-refractivity contribution in [1.82, 2.24) is 5.32 Å². The van der Waals surface area contributed by atoms with E-state index in [2.05, 4.69) is 5.32 Å². The molecule has 116 valence electrons. The number of carbonyl (C=O) groups is 2. The molecular formula is C15H22N2O4. The number of hydrogen-bond donors (Lipinski definition) is 3. The summed E-state index contributed by atoms with van der Waals surface area (Å²) in [5.74, 6) is -0.832. The first-order valence-corrected chi connectivity index (χ1v) is 6.71. The maximum absolute atomic E-state index is 11.9. The van der Waals surface area contributed by atoms with Crippen molar-refractivity contribution in [2.45, 2.75) is 44.9 Å². The lowest BCUT2D eigenvalue weighted by Gasteiger charge is -2.24. The van der Waals surface area contributed by atoms with Crippen molar-refractivity contribution in [3.05, 3.63) is 35.9 Å². The number of benzene rings is 1. The summed E-state index contributed by atoms with van der Waals surface area (Å²) in [6.45, 7) is 5.26. The molecule has 4 N–H and O–H groups in total. The summed E-state index contributed by atoms with van der Waals surface area (Å²) in [6, 6.07) is 8.44. The van der Waals surface area contributed by atoms with Gasteiger partial charge in [0.05, 0.1) is 6.04 Å². The zero-order valence-electron chi connectivity index (χ0n) is 12.5. The first-order chi connectivity index (χ1) is 9.69. The van der Waals surface area contributed by atoms with Gasteiger partial charge in [-0.3, -0.25) is 4.79 Å². The molecule has 0 spiro atoms. The predicted octanol–water partition coefficient (Wildman–Crippen LogP) is 1.49. The van der Waals surface area contributed by atoms with Crippen molar-refractivity contribution in [1.29, 1.82) is 0 Å². The minimum Gasteiger partial charge on any atom is -0.444 e. The van der Waals surface area contributed by atoms with E-state index in [0.717, 1.165) is 5.56 Å². The Hall–Kier alpha value is -2.08. The molecule has 21 heavy (non-hydrogen) atoms. The zero-order chi connectivity index (χ0) is 16.0. The number of carbonyl (C=O) groups excluding carboxylic acids is 2. The third kappa shape index (κ3) is 6.27. The van der Waals surface area contributed by atoms with Crippen LogP contribution in [0.5, 0.6) is 0 Å². The van der Waals surface area contributed by atoms with Gasteiger partial charge in [-0.15, -0.1) is 0 Å². The fourth-order valence-electron chi connectivity index (χ4n) is 1.75. The molecule has 0 aliphatic heterocycles. The van der Waals surface area contributed by atoms with Crippen LogP contribution < -0.4 is 11.1 Å². The number of hydrogen-bond acceptors (Lipinski definition) is 4. The topological polar surface area (TPSA) is 102 Å². The van der Waals surface area contributed by atoms with Crippen molar-refractivity contribution in [3.8, 4) is 0 Å². The number of primary amides is 1. The lowest BCUT2D eigenvalue weighted by Crippen LogP contribution is -2.38. The van der Waals surface area contributed by atoms with E-state index in [1.807, 2.05) is 6.07 Å². The summed E-state index contributed by atoms with van der Waals surface area (Å²) in [6.07, 6.45) is -1.98. The Morgan fingerprint density at radius 1 is 1.29 bits per heavy atom. The number of nitrogens with two attached hydrogens (primary N) is 1. The molecule has 6 nitrogen and oxygen atoms in total. The first-order valence-electron chi connectivity index (χ1n) is 6.71. The molecule has 0 radical (unpaired) electrons. The van der Waals surface area contributed by atoms with Gasteiger partial charge in [-0.1, -0.05) is 30.3 Å². The van der Waals surface area contributed by atoms with Crippen molar-refractivity contribution < 1.29 is 19.4 Å². The van der Waals surface area contributed by atoms with Gasteiger partial charge in [-0.05, 0) is 26.3 Å². The molecular weight excluding hydrogens is 272 g/mol. The highest BCUT2D eigenvalue weighted by molar-refractivity contribution is 5.78. The summed E-state index contributed by atoms with van der Waals surface area (Å²) in [5, 5.41) is 12.3. The predicted molar refractivity (Wildman–Crippen MR) is 78.4 cm³/mol. The molecule has 0 saturated heterocycles. The molecule has 6 heteroatoms. The van der Waals surface area contributed by atoms with E-state index in [0.29, 0.717) is 0 Å². The standard InChI is InChI=1S/C15H22N2O4/c1-15(2,3)21-14(20)17-11(9-12(18)13(16)19)10-7-5-4-6-8-10/h4-8,11-12,18H,9H2,1-3H3,(H2,16,19)(H,17,20). The number of nitrogens with one attached hydrogen (secondary N) is 1. The Bertz CT molecular complexity index is 482. The molecule has 2 amide bonds. The largest absolute Gasteiger partial charge is 0.444 e. The molecule has 2 atom stereocenters. The minimum atomic E-state index is -1.34. The molecule has 1 aromatic rings. The lowest BCUT2D eigenvalue weighted by molar-refractivity contribution is -0.126. The van der Waals surface area contributed by atoms with Crippen LogP contribution in [0.25, 0.3) is 0 Å². The third-order valence-corrected chi connectivity index (χ3v) is 2.68. The summed E-state index contributed by atoms with van der Waals surface area (Å²) in [7, 11) is 0. The van der Waals surface area contributed by atoms with E-state index in [1.54, 1.807) is 45.0 Å². The van der Waals surface area contributed by atoms with Gasteiger partial charge in [-0.25, -0.2) is 4.79 Å². The second kappa shape index (κ2) is 7.08. The van der Waals surface area contributed by atoms with Gasteiger partial charge in [-0.2, -0.15) is 0 Å². The summed E-state index contributed by atoms with van der Waals surface area (Å²) >= 11 is 0. The minimum absolute atomic E-state index is 0.0153. The van der Waals surface area contributed by atoms with E-state index in [1.165, 1.54) is 0 Å². The highest BCUT2D eigenvalue weighted by Gasteiger charge is 2.24. The molecule has 0 heterocycles. The average Bonchev–Trinajstić information content (AvgIpc) is 2.36. The van der Waals surface area contributed by atoms with Crippen LogP contribution in [0.3, 0.4) is 0 Å². The van der Waals surface area contributed by atoms with Crippen LogP contribution >= 0.6 is 0 Å². The first kappa shape index (κ1) is 17.0. The number of aliphatic hydroxyl groups is 1. The van der Waals surface area contributed by atoms with Crippen LogP contribution in [0.4, 0.5) is 4.79 Å². The quantitative estimate of drug-likeness (QED) is 0.765. The maximum atomic E-state index is 11.9. The van der Waals surface area contributed by atoms with Crippen LogP contribution in [0.15, 0.2) is 30.3 Å². The van der Waals surface area contributed by atoms with Crippen LogP contribution in [-0.2, 0) is 9.53 Å². The van der Waals surface area contributed by atoms with Gasteiger partial charge in [0.2, 0.25) is 5.91 Å². The molecule has 0 fully saturated rings. The summed E-state index contributed by atoms with van der Waals surface area (Å²) < 4.78 is 5.18. The highest BCUT2D eigenvalue weighted by atomic mass is 16.6. The Balaban J connectivity index is 2.82. The molecule has 0 saturated carbocycles. The van der Waals surface area contributed by atoms with Gasteiger partial charge < -0.3 is 20.9 Å². The van der Waals surface area contributed by atoms with E-state index in [9.17, 15) is 14.7 Å². The third-order valence-electron chi connectivity index (χ3n) is 2.68. The summed E-state index contributed by atoms with van der Waals surface area (Å²) in [4.78, 5) is 22.9. The van der Waals surface area contributed by atoms with E-state index in [-0.39, 0.29) is 6.42 Å². The summed E-state index contributed by atoms with van der Waals surface area (Å²) in [5.41, 5.74) is 5.18. The molecule has 1 rings (SSSR count). The van der Waals surface area contributed by atoms with Crippen LogP contribution in [0, 0.1) is 0 Å². The fourth-order valence-corrected chi connectivity index (χ4v) is 1.75. The smallest absolute Gasteiger partial charge is 0.408 e. The van der Waals surface area contributed by atoms with Crippen molar-refractivity contribution >= 4 is 12.0 Å². The molecule has 0 aliphatic carbocycles. The van der Waals surface area contributed by atoms with Crippen molar-refractivity contribution in [2.24, 2.45) is 5.73 Å². The lowest BCUT2D eigenvalue weighted by atomic mass is 10.0. The monoisotopic (exact) mass is 294 g/mol. The Labute approximate surface area is 124 Å². The molecule has 0 bridgehead atoms. The Morgan fingerprint density at radius 3 is 2.33 bits per heavy atom. The number of amides is 2. The molecule has 0 aliphatic rings. The van der Waals surface area contributed by atoms with Gasteiger partial charge in [0, 0.05) is 6.42 Å². The fraction of sp³-hybridized carbons (Fsp3) is 0.467. The van der Waals surface area contributed by atoms with Gasteiger partial charge >= 0.3 is 6.09 Å². The second-order valence-electron chi connectivity index (χ2n) is 5.76. The van der Waals surface area contributed by atoms with Gasteiger partial charge in [0.15, 0.2) is 0 Å². The van der Waals surface area contributed by atoms with Crippen LogP contribution in [0.1, 0.15) is 38.8 Å². The van der Waals surface area contributed by atoms with Gasteiger partial charge in [0.1, 0.15) is 11.7 Å². The zero-order valence-corrected chi connectivity index (χ0v) is 12.5. The van der Waals surface area contributed by atoms with Gasteiger partial charge in [0.25, 0.3) is 0 Å². The SMILES string of the molecule is CC(C)(C)OC(=O)NC(CC(O)C(N)=O)c1ccccc1. The van der Waals surface area contributed by atoms with E-state index >= 15 is 0 Å². The number of ether oxygens (including phenoxy) is 1. The normalized spacial score (nSPS) is 14.1. The molecule has 1 aromatic carbocycles. The maximum Gasteiger partial charge on any atom is 0.408 e. The highest BCUT2D eigenvalue weighted by Crippen LogP contribution is 2.19.